The topological polar surface area (TPSA) is 38.2 Å². The molecule has 0 aliphatic heterocycles. The lowest BCUT2D eigenvalue weighted by atomic mass is 10.3. The molecule has 0 aliphatic carbocycles. The fraction of sp³-hybridized carbons (Fsp3) is 0.636. The highest BCUT2D eigenvalue weighted by molar-refractivity contribution is 9.09. The molecule has 0 saturated carbocycles. The predicted molar refractivity (Wildman–Crippen MR) is 69.5 cm³/mol. The molecule has 1 rings (SSSR count). The van der Waals surface area contributed by atoms with Gasteiger partial charge in [0.05, 0.1) is 6.10 Å². The van der Waals surface area contributed by atoms with E-state index in [4.69, 9.17) is 4.74 Å². The van der Waals surface area contributed by atoms with Gasteiger partial charge < -0.3 is 9.64 Å². The first-order valence-corrected chi connectivity index (χ1v) is 6.44. The zero-order valence-corrected chi connectivity index (χ0v) is 11.7. The van der Waals surface area contributed by atoms with Crippen LogP contribution < -0.4 is 9.64 Å². The zero-order valence-electron chi connectivity index (χ0n) is 10.1. The van der Waals surface area contributed by atoms with Crippen molar-refractivity contribution >= 4 is 21.7 Å². The SMILES string of the molecule is CC(C)Oc1cc(N(C)C(C)CBr)ncn1. The van der Waals surface area contributed by atoms with Crippen LogP contribution in [0.4, 0.5) is 5.82 Å². The summed E-state index contributed by atoms with van der Waals surface area (Å²) in [6, 6.07) is 2.24. The summed E-state index contributed by atoms with van der Waals surface area (Å²) in [5.41, 5.74) is 0. The minimum atomic E-state index is 0.127. The highest BCUT2D eigenvalue weighted by atomic mass is 79.9. The summed E-state index contributed by atoms with van der Waals surface area (Å²) in [4.78, 5) is 10.4. The van der Waals surface area contributed by atoms with Crippen LogP contribution in [0, 0.1) is 0 Å². The Morgan fingerprint density at radius 3 is 2.62 bits per heavy atom. The number of nitrogens with zero attached hydrogens (tertiary/aromatic N) is 3. The van der Waals surface area contributed by atoms with E-state index in [1.54, 1.807) is 0 Å². The van der Waals surface area contributed by atoms with Gasteiger partial charge in [-0.2, -0.15) is 0 Å². The number of hydrogen-bond acceptors (Lipinski definition) is 4. The Balaban J connectivity index is 2.81. The Morgan fingerprint density at radius 2 is 2.06 bits per heavy atom. The lowest BCUT2D eigenvalue weighted by Crippen LogP contribution is -2.30. The molecule has 90 valence electrons. The van der Waals surface area contributed by atoms with Crippen LogP contribution in [0.1, 0.15) is 20.8 Å². The van der Waals surface area contributed by atoms with Crippen molar-refractivity contribution in [3.05, 3.63) is 12.4 Å². The van der Waals surface area contributed by atoms with E-state index in [0.717, 1.165) is 11.1 Å². The van der Waals surface area contributed by atoms with Gasteiger partial charge in [0.25, 0.3) is 0 Å². The molecule has 1 aromatic heterocycles. The number of ether oxygens (including phenoxy) is 1. The van der Waals surface area contributed by atoms with Gasteiger partial charge >= 0.3 is 0 Å². The number of aromatic nitrogens is 2. The monoisotopic (exact) mass is 287 g/mol. The van der Waals surface area contributed by atoms with E-state index in [1.165, 1.54) is 6.33 Å². The van der Waals surface area contributed by atoms with Gasteiger partial charge in [0.1, 0.15) is 12.1 Å². The zero-order chi connectivity index (χ0) is 12.1. The van der Waals surface area contributed by atoms with E-state index in [9.17, 15) is 0 Å². The molecule has 0 aliphatic rings. The van der Waals surface area contributed by atoms with Gasteiger partial charge in [0.15, 0.2) is 0 Å². The minimum Gasteiger partial charge on any atom is -0.475 e. The Morgan fingerprint density at radius 1 is 1.38 bits per heavy atom. The molecular weight excluding hydrogens is 270 g/mol. The molecule has 1 aromatic rings. The van der Waals surface area contributed by atoms with Gasteiger partial charge in [-0.25, -0.2) is 9.97 Å². The summed E-state index contributed by atoms with van der Waals surface area (Å²) in [5, 5.41) is 0.897. The summed E-state index contributed by atoms with van der Waals surface area (Å²) < 4.78 is 5.53. The highest BCUT2D eigenvalue weighted by Crippen LogP contribution is 2.17. The molecule has 1 heterocycles. The molecule has 1 atom stereocenters. The molecule has 0 bridgehead atoms. The van der Waals surface area contributed by atoms with E-state index in [2.05, 4.69) is 37.7 Å². The molecule has 4 nitrogen and oxygen atoms in total. The third kappa shape index (κ3) is 3.63. The highest BCUT2D eigenvalue weighted by Gasteiger charge is 2.11. The first kappa shape index (κ1) is 13.2. The standard InChI is InChI=1S/C11H18BrN3O/c1-8(2)16-11-5-10(13-7-14-11)15(4)9(3)6-12/h5,7-9H,6H2,1-4H3. The maximum absolute atomic E-state index is 5.53. The van der Waals surface area contributed by atoms with Crippen molar-refractivity contribution < 1.29 is 4.74 Å². The molecular formula is C11H18BrN3O. The van der Waals surface area contributed by atoms with Crippen molar-refractivity contribution in [2.75, 3.05) is 17.3 Å². The fourth-order valence-electron chi connectivity index (χ4n) is 1.16. The van der Waals surface area contributed by atoms with Crippen LogP contribution in [-0.2, 0) is 0 Å². The van der Waals surface area contributed by atoms with E-state index in [-0.39, 0.29) is 6.10 Å². The Hall–Kier alpha value is -0.840. The third-order valence-corrected chi connectivity index (χ3v) is 3.17. The van der Waals surface area contributed by atoms with E-state index >= 15 is 0 Å². The predicted octanol–water partition coefficient (Wildman–Crippen LogP) is 2.48. The van der Waals surface area contributed by atoms with Gasteiger partial charge in [-0.05, 0) is 20.8 Å². The van der Waals surface area contributed by atoms with Crippen LogP contribution in [0.25, 0.3) is 0 Å². The van der Waals surface area contributed by atoms with Crippen molar-refractivity contribution in [3.63, 3.8) is 0 Å². The number of anilines is 1. The lowest BCUT2D eigenvalue weighted by molar-refractivity contribution is 0.232. The maximum atomic E-state index is 5.53. The third-order valence-electron chi connectivity index (χ3n) is 2.23. The number of hydrogen-bond donors (Lipinski definition) is 0. The van der Waals surface area contributed by atoms with Crippen molar-refractivity contribution in [3.8, 4) is 5.88 Å². The number of rotatable bonds is 5. The van der Waals surface area contributed by atoms with Crippen LogP contribution >= 0.6 is 15.9 Å². The molecule has 0 radical (unpaired) electrons. The van der Waals surface area contributed by atoms with Crippen LogP contribution in [0.2, 0.25) is 0 Å². The molecule has 0 N–H and O–H groups in total. The van der Waals surface area contributed by atoms with Gasteiger partial charge in [-0.15, -0.1) is 0 Å². The summed E-state index contributed by atoms with van der Waals surface area (Å²) in [5.74, 6) is 1.49. The molecule has 0 spiro atoms. The fourth-order valence-corrected chi connectivity index (χ4v) is 1.59. The average molecular weight is 288 g/mol. The normalized spacial score (nSPS) is 12.6. The first-order valence-electron chi connectivity index (χ1n) is 5.32. The Bertz CT molecular complexity index is 333. The largest absolute Gasteiger partial charge is 0.475 e. The second-order valence-corrected chi connectivity index (χ2v) is 4.64. The van der Waals surface area contributed by atoms with Gasteiger partial charge in [0.2, 0.25) is 5.88 Å². The molecule has 0 fully saturated rings. The molecule has 1 unspecified atom stereocenters. The Kier molecular flexibility index (Phi) is 4.99. The maximum Gasteiger partial charge on any atom is 0.218 e. The second kappa shape index (κ2) is 6.03. The number of alkyl halides is 1. The van der Waals surface area contributed by atoms with Gasteiger partial charge in [-0.3, -0.25) is 0 Å². The second-order valence-electron chi connectivity index (χ2n) is 4.00. The van der Waals surface area contributed by atoms with Crippen LogP contribution in [-0.4, -0.2) is 34.5 Å². The Labute approximate surface area is 105 Å². The van der Waals surface area contributed by atoms with Crippen LogP contribution in [0.5, 0.6) is 5.88 Å². The van der Waals surface area contributed by atoms with E-state index in [1.807, 2.05) is 27.0 Å². The lowest BCUT2D eigenvalue weighted by Gasteiger charge is -2.24. The van der Waals surface area contributed by atoms with Crippen LogP contribution in [0.3, 0.4) is 0 Å². The minimum absolute atomic E-state index is 0.127. The molecule has 16 heavy (non-hydrogen) atoms. The van der Waals surface area contributed by atoms with Crippen molar-refractivity contribution in [1.29, 1.82) is 0 Å². The van der Waals surface area contributed by atoms with Gasteiger partial charge in [0, 0.05) is 24.5 Å². The molecule has 5 heteroatoms. The average Bonchev–Trinajstić information content (AvgIpc) is 2.26. The molecule has 0 saturated heterocycles. The summed E-state index contributed by atoms with van der Waals surface area (Å²) >= 11 is 3.46. The van der Waals surface area contributed by atoms with E-state index in [0.29, 0.717) is 11.9 Å². The summed E-state index contributed by atoms with van der Waals surface area (Å²) in [6.45, 7) is 6.08. The first-order chi connectivity index (χ1) is 7.54. The van der Waals surface area contributed by atoms with Crippen LogP contribution in [0.15, 0.2) is 12.4 Å². The van der Waals surface area contributed by atoms with Crippen molar-refractivity contribution in [2.24, 2.45) is 0 Å². The quantitative estimate of drug-likeness (QED) is 0.780. The van der Waals surface area contributed by atoms with Gasteiger partial charge in [-0.1, -0.05) is 15.9 Å². The van der Waals surface area contributed by atoms with E-state index < -0.39 is 0 Å². The summed E-state index contributed by atoms with van der Waals surface area (Å²) in [7, 11) is 2.01. The molecule has 0 aromatic carbocycles. The van der Waals surface area contributed by atoms with Crippen molar-refractivity contribution in [2.45, 2.75) is 32.9 Å². The van der Waals surface area contributed by atoms with Crippen molar-refractivity contribution in [1.82, 2.24) is 9.97 Å². The number of halogens is 1. The molecule has 0 amide bonds. The smallest absolute Gasteiger partial charge is 0.218 e. The summed E-state index contributed by atoms with van der Waals surface area (Å²) in [6.07, 6.45) is 1.66.